The summed E-state index contributed by atoms with van der Waals surface area (Å²) in [5, 5.41) is 0. The van der Waals surface area contributed by atoms with Crippen LogP contribution in [0.1, 0.15) is 62.3 Å². The van der Waals surface area contributed by atoms with Gasteiger partial charge < -0.3 is 4.74 Å². The van der Waals surface area contributed by atoms with Gasteiger partial charge in [-0.1, -0.05) is 51.5 Å². The molecule has 106 valence electrons. The number of allylic oxidation sites excluding steroid dienone is 8. The highest BCUT2D eigenvalue weighted by Gasteiger charge is 1.89. The molecule has 0 aromatic heterocycles. The Labute approximate surface area is 115 Å². The summed E-state index contributed by atoms with van der Waals surface area (Å²) in [7, 11) is 0. The summed E-state index contributed by atoms with van der Waals surface area (Å²) in [5.41, 5.74) is 1.27. The van der Waals surface area contributed by atoms with Gasteiger partial charge in [0.2, 0.25) is 0 Å². The molecule has 0 saturated heterocycles. The summed E-state index contributed by atoms with van der Waals surface area (Å²) in [6, 6.07) is 0. The molecule has 0 atom stereocenters. The first-order valence-corrected chi connectivity index (χ1v) is 6.85. The molecule has 0 aromatic rings. The maximum Gasteiger partial charge on any atom is 0.100 e. The summed E-state index contributed by atoms with van der Waals surface area (Å²) in [6.07, 6.45) is 9.89. The van der Waals surface area contributed by atoms with Gasteiger partial charge in [-0.2, -0.15) is 0 Å². The molecule has 0 aliphatic heterocycles. The Balaban J connectivity index is -0.000000506. The van der Waals surface area contributed by atoms with Crippen molar-refractivity contribution in [2.75, 3.05) is 0 Å². The summed E-state index contributed by atoms with van der Waals surface area (Å²) < 4.78 is 5.53. The van der Waals surface area contributed by atoms with Gasteiger partial charge in [0, 0.05) is 0 Å². The molecule has 0 radical (unpaired) electrons. The average molecular weight is 252 g/mol. The predicted molar refractivity (Wildman–Crippen MR) is 85.5 cm³/mol. The van der Waals surface area contributed by atoms with E-state index in [-0.39, 0.29) is 0 Å². The molecule has 0 fully saturated rings. The molecule has 0 spiro atoms. The molecule has 18 heavy (non-hydrogen) atoms. The highest BCUT2D eigenvalue weighted by molar-refractivity contribution is 5.13. The van der Waals surface area contributed by atoms with E-state index in [1.165, 1.54) is 5.57 Å². The second-order valence-corrected chi connectivity index (χ2v) is 3.43. The SMILES string of the molecule is C/C=C\C=C(/C)O/C(C)=C/C=C(C)C.CC.CC. The molecule has 1 heteroatoms. The molecule has 0 N–H and O–H groups in total. The fraction of sp³-hybridized carbons (Fsp3) is 0.529. The van der Waals surface area contributed by atoms with Crippen LogP contribution in [0, 0.1) is 0 Å². The van der Waals surface area contributed by atoms with E-state index in [1.807, 2.05) is 78.8 Å². The molecule has 0 amide bonds. The summed E-state index contributed by atoms with van der Waals surface area (Å²) >= 11 is 0. The topological polar surface area (TPSA) is 9.23 Å². The minimum atomic E-state index is 0.902. The normalized spacial score (nSPS) is 10.9. The quantitative estimate of drug-likeness (QED) is 0.415. The number of ether oxygens (including phenoxy) is 1. The smallest absolute Gasteiger partial charge is 0.100 e. The molecular weight excluding hydrogens is 220 g/mol. The maximum atomic E-state index is 5.53. The van der Waals surface area contributed by atoms with Gasteiger partial charge in [-0.05, 0) is 46.8 Å². The van der Waals surface area contributed by atoms with Crippen LogP contribution in [0.25, 0.3) is 0 Å². The lowest BCUT2D eigenvalue weighted by Crippen LogP contribution is -1.84. The molecule has 0 saturated carbocycles. The summed E-state index contributed by atoms with van der Waals surface area (Å²) in [6.45, 7) is 18.0. The van der Waals surface area contributed by atoms with Crippen molar-refractivity contribution in [3.63, 3.8) is 0 Å². The van der Waals surface area contributed by atoms with Crippen molar-refractivity contribution in [3.05, 3.63) is 47.5 Å². The Bertz CT molecular complexity index is 274. The Hall–Kier alpha value is -1.24. The van der Waals surface area contributed by atoms with Crippen LogP contribution >= 0.6 is 0 Å². The first kappa shape index (κ1) is 22.0. The first-order valence-electron chi connectivity index (χ1n) is 6.85. The number of hydrogen-bond acceptors (Lipinski definition) is 1. The van der Waals surface area contributed by atoms with Crippen molar-refractivity contribution in [1.29, 1.82) is 0 Å². The van der Waals surface area contributed by atoms with Crippen LogP contribution in [-0.4, -0.2) is 0 Å². The second kappa shape index (κ2) is 18.1. The molecule has 1 nitrogen and oxygen atoms in total. The second-order valence-electron chi connectivity index (χ2n) is 3.43. The monoisotopic (exact) mass is 252 g/mol. The van der Waals surface area contributed by atoms with Gasteiger partial charge in [-0.15, -0.1) is 0 Å². The van der Waals surface area contributed by atoms with E-state index in [0.29, 0.717) is 0 Å². The van der Waals surface area contributed by atoms with Gasteiger partial charge in [0.25, 0.3) is 0 Å². The highest BCUT2D eigenvalue weighted by Crippen LogP contribution is 2.06. The maximum absolute atomic E-state index is 5.53. The van der Waals surface area contributed by atoms with Crippen LogP contribution in [0.2, 0.25) is 0 Å². The van der Waals surface area contributed by atoms with Crippen LogP contribution in [0.4, 0.5) is 0 Å². The Morgan fingerprint density at radius 1 is 0.722 bits per heavy atom. The van der Waals surface area contributed by atoms with Crippen LogP contribution < -0.4 is 0 Å². The zero-order valence-corrected chi connectivity index (χ0v) is 13.8. The fourth-order valence-electron chi connectivity index (χ4n) is 0.838. The minimum Gasteiger partial charge on any atom is -0.467 e. The van der Waals surface area contributed by atoms with Gasteiger partial charge in [-0.25, -0.2) is 0 Å². The van der Waals surface area contributed by atoms with Crippen LogP contribution in [0.5, 0.6) is 0 Å². The van der Waals surface area contributed by atoms with E-state index in [9.17, 15) is 0 Å². The summed E-state index contributed by atoms with van der Waals surface area (Å²) in [5.74, 6) is 1.81. The van der Waals surface area contributed by atoms with Gasteiger partial charge in [0.15, 0.2) is 0 Å². The van der Waals surface area contributed by atoms with Crippen molar-refractivity contribution in [2.45, 2.75) is 62.3 Å². The number of rotatable bonds is 4. The van der Waals surface area contributed by atoms with Crippen LogP contribution in [-0.2, 0) is 4.74 Å². The van der Waals surface area contributed by atoms with Gasteiger partial charge >= 0.3 is 0 Å². The molecule has 0 aliphatic carbocycles. The molecule has 0 aromatic carbocycles. The van der Waals surface area contributed by atoms with Crippen LogP contribution in [0.3, 0.4) is 0 Å². The van der Waals surface area contributed by atoms with Gasteiger partial charge in [-0.3, -0.25) is 0 Å². The Morgan fingerprint density at radius 2 is 1.17 bits per heavy atom. The lowest BCUT2D eigenvalue weighted by atomic mass is 10.3. The molecule has 0 unspecified atom stereocenters. The van der Waals surface area contributed by atoms with Crippen molar-refractivity contribution < 1.29 is 4.74 Å². The van der Waals surface area contributed by atoms with E-state index in [1.54, 1.807) is 0 Å². The zero-order valence-electron chi connectivity index (χ0n) is 13.8. The molecule has 0 bridgehead atoms. The molecule has 0 aliphatic rings. The van der Waals surface area contributed by atoms with Crippen LogP contribution in [0.15, 0.2) is 47.5 Å². The van der Waals surface area contributed by atoms with E-state index in [4.69, 9.17) is 4.74 Å². The lowest BCUT2D eigenvalue weighted by molar-refractivity contribution is 0.309. The first-order chi connectivity index (χ1) is 8.56. The van der Waals surface area contributed by atoms with Crippen molar-refractivity contribution in [1.82, 2.24) is 0 Å². The third-order valence-electron chi connectivity index (χ3n) is 1.50. The standard InChI is InChI=1S/C13H20O.2C2H6/c1-6-7-8-12(4)14-13(5)10-9-11(2)3;2*1-2/h6-10H,1-5H3;2*1-2H3/b7-6-,12-8+,13-10+;;. The third kappa shape index (κ3) is 20.2. The lowest BCUT2D eigenvalue weighted by Gasteiger charge is -2.03. The third-order valence-corrected chi connectivity index (χ3v) is 1.50. The van der Waals surface area contributed by atoms with Gasteiger partial charge in [0.1, 0.15) is 11.5 Å². The summed E-state index contributed by atoms with van der Waals surface area (Å²) in [4.78, 5) is 0. The predicted octanol–water partition coefficient (Wildman–Crippen LogP) is 6.41. The molecule has 0 heterocycles. The zero-order chi connectivity index (χ0) is 15.0. The molecular formula is C17H32O. The highest BCUT2D eigenvalue weighted by atomic mass is 16.5. The van der Waals surface area contributed by atoms with E-state index < -0.39 is 0 Å². The Kier molecular flexibility index (Phi) is 22.1. The van der Waals surface area contributed by atoms with E-state index in [0.717, 1.165) is 11.5 Å². The van der Waals surface area contributed by atoms with Crippen molar-refractivity contribution in [2.24, 2.45) is 0 Å². The largest absolute Gasteiger partial charge is 0.467 e. The van der Waals surface area contributed by atoms with Crippen molar-refractivity contribution in [3.8, 4) is 0 Å². The van der Waals surface area contributed by atoms with Gasteiger partial charge in [0.05, 0.1) is 0 Å². The average Bonchev–Trinajstić information content (AvgIpc) is 2.38. The van der Waals surface area contributed by atoms with E-state index in [2.05, 4.69) is 13.8 Å². The van der Waals surface area contributed by atoms with E-state index >= 15 is 0 Å². The van der Waals surface area contributed by atoms with Crippen molar-refractivity contribution >= 4 is 0 Å². The Morgan fingerprint density at radius 3 is 1.56 bits per heavy atom. The fourth-order valence-corrected chi connectivity index (χ4v) is 0.838. The number of hydrogen-bond donors (Lipinski definition) is 0. The minimum absolute atomic E-state index is 0.902. The molecule has 0 rings (SSSR count).